The number of likely N-dealkylation sites (tertiary alicyclic amines) is 1. The minimum Gasteiger partial charge on any atom is -0.390 e. The molecule has 5 nitrogen and oxygen atoms in total. The Morgan fingerprint density at radius 3 is 2.78 bits per heavy atom. The maximum atomic E-state index is 12.9. The van der Waals surface area contributed by atoms with Crippen molar-refractivity contribution in [2.24, 2.45) is 5.92 Å². The van der Waals surface area contributed by atoms with E-state index < -0.39 is 5.60 Å². The molecule has 2 heterocycles. The van der Waals surface area contributed by atoms with E-state index in [-0.39, 0.29) is 17.9 Å². The summed E-state index contributed by atoms with van der Waals surface area (Å²) in [6, 6.07) is 0.458. The first kappa shape index (κ1) is 16.5. The van der Waals surface area contributed by atoms with Crippen LogP contribution in [0.1, 0.15) is 75.8 Å². The molecule has 1 aliphatic carbocycles. The molecule has 1 saturated carbocycles. The van der Waals surface area contributed by atoms with Gasteiger partial charge in [0.1, 0.15) is 5.69 Å². The number of carbonyl (C=O) groups is 1. The van der Waals surface area contributed by atoms with Gasteiger partial charge in [-0.1, -0.05) is 12.8 Å². The van der Waals surface area contributed by atoms with Crippen molar-refractivity contribution < 1.29 is 9.90 Å². The molecule has 0 spiro atoms. The van der Waals surface area contributed by atoms with Gasteiger partial charge in [-0.25, -0.2) is 4.98 Å². The predicted molar refractivity (Wildman–Crippen MR) is 89.3 cm³/mol. The van der Waals surface area contributed by atoms with Gasteiger partial charge in [-0.2, -0.15) is 0 Å². The van der Waals surface area contributed by atoms with Crippen LogP contribution in [0.15, 0.2) is 12.5 Å². The van der Waals surface area contributed by atoms with E-state index >= 15 is 0 Å². The second-order valence-electron chi connectivity index (χ2n) is 7.72. The third kappa shape index (κ3) is 3.16. The molecule has 2 fully saturated rings. The number of imidazole rings is 1. The maximum absolute atomic E-state index is 12.9. The summed E-state index contributed by atoms with van der Waals surface area (Å²) in [6.07, 6.45) is 9.71. The van der Waals surface area contributed by atoms with Crippen molar-refractivity contribution in [1.82, 2.24) is 14.5 Å². The highest BCUT2D eigenvalue weighted by Crippen LogP contribution is 2.41. The molecule has 23 heavy (non-hydrogen) atoms. The first-order chi connectivity index (χ1) is 10.9. The van der Waals surface area contributed by atoms with Gasteiger partial charge in [-0.05, 0) is 46.5 Å². The number of amides is 1. The topological polar surface area (TPSA) is 58.4 Å². The number of hydrogen-bond acceptors (Lipinski definition) is 3. The van der Waals surface area contributed by atoms with Gasteiger partial charge < -0.3 is 14.6 Å². The fourth-order valence-electron chi connectivity index (χ4n) is 4.29. The lowest BCUT2D eigenvalue weighted by Crippen LogP contribution is -2.50. The van der Waals surface area contributed by atoms with Crippen LogP contribution in [-0.2, 0) is 0 Å². The van der Waals surface area contributed by atoms with Crippen LogP contribution in [0.25, 0.3) is 0 Å². The Morgan fingerprint density at radius 2 is 2.13 bits per heavy atom. The van der Waals surface area contributed by atoms with Gasteiger partial charge in [0.15, 0.2) is 0 Å². The van der Waals surface area contributed by atoms with Gasteiger partial charge in [0.05, 0.1) is 11.9 Å². The van der Waals surface area contributed by atoms with Crippen molar-refractivity contribution in [3.63, 3.8) is 0 Å². The van der Waals surface area contributed by atoms with Crippen molar-refractivity contribution in [3.05, 3.63) is 18.2 Å². The summed E-state index contributed by atoms with van der Waals surface area (Å²) in [5, 5.41) is 10.8. The number of hydrogen-bond donors (Lipinski definition) is 1. The van der Waals surface area contributed by atoms with Crippen LogP contribution >= 0.6 is 0 Å². The monoisotopic (exact) mass is 319 g/mol. The molecular formula is C18H29N3O2. The fraction of sp³-hybridized carbons (Fsp3) is 0.778. The van der Waals surface area contributed by atoms with E-state index in [1.54, 1.807) is 6.33 Å². The van der Waals surface area contributed by atoms with Gasteiger partial charge in [-0.3, -0.25) is 4.79 Å². The van der Waals surface area contributed by atoms with Crippen LogP contribution < -0.4 is 0 Å². The molecule has 1 amide bonds. The SMILES string of the molecule is CC(C)n1cnc(C(=O)N2CCC[C@@H]2[C@H]2CCCC[C@@]2(C)O)c1. The maximum Gasteiger partial charge on any atom is 0.274 e. The number of carbonyl (C=O) groups excluding carboxylic acids is 1. The smallest absolute Gasteiger partial charge is 0.274 e. The minimum absolute atomic E-state index is 0.0215. The predicted octanol–water partition coefficient (Wildman–Crippen LogP) is 3.01. The molecule has 0 unspecified atom stereocenters. The van der Waals surface area contributed by atoms with Crippen molar-refractivity contribution in [3.8, 4) is 0 Å². The highest BCUT2D eigenvalue weighted by Gasteiger charge is 2.45. The highest BCUT2D eigenvalue weighted by molar-refractivity contribution is 5.92. The van der Waals surface area contributed by atoms with Crippen LogP contribution in [0.3, 0.4) is 0 Å². The molecule has 1 aromatic rings. The third-order valence-electron chi connectivity index (χ3n) is 5.69. The average Bonchev–Trinajstić information content (AvgIpc) is 3.15. The Hall–Kier alpha value is -1.36. The second kappa shape index (κ2) is 6.27. The van der Waals surface area contributed by atoms with E-state index in [0.717, 1.165) is 45.1 Å². The largest absolute Gasteiger partial charge is 0.390 e. The molecule has 1 N–H and O–H groups in total. The molecule has 0 radical (unpaired) electrons. The number of rotatable bonds is 3. The first-order valence-corrected chi connectivity index (χ1v) is 8.97. The Balaban J connectivity index is 1.79. The first-order valence-electron chi connectivity index (χ1n) is 8.97. The molecule has 0 aromatic carbocycles. The number of aromatic nitrogens is 2. The summed E-state index contributed by atoms with van der Waals surface area (Å²) in [5.41, 5.74) is -0.121. The normalized spacial score (nSPS) is 31.8. The van der Waals surface area contributed by atoms with E-state index in [9.17, 15) is 9.90 Å². The van der Waals surface area contributed by atoms with E-state index in [1.807, 2.05) is 22.6 Å². The highest BCUT2D eigenvalue weighted by atomic mass is 16.3. The van der Waals surface area contributed by atoms with Gasteiger partial charge in [0.25, 0.3) is 5.91 Å². The van der Waals surface area contributed by atoms with Gasteiger partial charge in [-0.15, -0.1) is 0 Å². The summed E-state index contributed by atoms with van der Waals surface area (Å²) in [7, 11) is 0. The molecule has 3 atom stereocenters. The van der Waals surface area contributed by atoms with Crippen LogP contribution in [-0.4, -0.2) is 43.7 Å². The van der Waals surface area contributed by atoms with E-state index in [1.165, 1.54) is 0 Å². The van der Waals surface area contributed by atoms with E-state index in [2.05, 4.69) is 18.8 Å². The summed E-state index contributed by atoms with van der Waals surface area (Å²) < 4.78 is 1.97. The molecular weight excluding hydrogens is 290 g/mol. The molecule has 0 bridgehead atoms. The summed E-state index contributed by atoms with van der Waals surface area (Å²) >= 11 is 0. The summed E-state index contributed by atoms with van der Waals surface area (Å²) in [4.78, 5) is 19.2. The van der Waals surface area contributed by atoms with Gasteiger partial charge >= 0.3 is 0 Å². The second-order valence-corrected chi connectivity index (χ2v) is 7.72. The van der Waals surface area contributed by atoms with Crippen LogP contribution in [0, 0.1) is 5.92 Å². The molecule has 5 heteroatoms. The molecule has 128 valence electrons. The van der Waals surface area contributed by atoms with Crippen molar-refractivity contribution in [1.29, 1.82) is 0 Å². The quantitative estimate of drug-likeness (QED) is 0.931. The number of nitrogens with zero attached hydrogens (tertiary/aromatic N) is 3. The Morgan fingerprint density at radius 1 is 1.35 bits per heavy atom. The zero-order valence-corrected chi connectivity index (χ0v) is 14.5. The summed E-state index contributed by atoms with van der Waals surface area (Å²) in [6.45, 7) is 6.89. The Labute approximate surface area is 138 Å². The van der Waals surface area contributed by atoms with Crippen molar-refractivity contribution in [2.75, 3.05) is 6.54 Å². The molecule has 1 aromatic heterocycles. The van der Waals surface area contributed by atoms with Crippen LogP contribution in [0.4, 0.5) is 0 Å². The van der Waals surface area contributed by atoms with Gasteiger partial charge in [0, 0.05) is 30.7 Å². The number of aliphatic hydroxyl groups is 1. The van der Waals surface area contributed by atoms with Crippen molar-refractivity contribution >= 4 is 5.91 Å². The Bertz CT molecular complexity index is 564. The molecule has 1 saturated heterocycles. The lowest BCUT2D eigenvalue weighted by atomic mass is 9.72. The minimum atomic E-state index is -0.650. The lowest BCUT2D eigenvalue weighted by Gasteiger charge is -2.43. The molecule has 2 aliphatic rings. The average molecular weight is 319 g/mol. The van der Waals surface area contributed by atoms with E-state index in [4.69, 9.17) is 0 Å². The van der Waals surface area contributed by atoms with Crippen LogP contribution in [0.2, 0.25) is 0 Å². The molecule has 1 aliphatic heterocycles. The fourth-order valence-corrected chi connectivity index (χ4v) is 4.29. The third-order valence-corrected chi connectivity index (χ3v) is 5.69. The van der Waals surface area contributed by atoms with Crippen molar-refractivity contribution in [2.45, 2.75) is 77.0 Å². The summed E-state index contributed by atoms with van der Waals surface area (Å²) in [5.74, 6) is 0.211. The molecule has 3 rings (SSSR count). The zero-order chi connectivity index (χ0) is 16.6. The standard InChI is InChI=1S/C18H29N3O2/c1-13(2)20-11-15(19-12-20)17(22)21-10-6-8-16(21)14-7-4-5-9-18(14,3)23/h11-14,16,23H,4-10H2,1-3H3/t14-,16-,18-/m1/s1. The van der Waals surface area contributed by atoms with Gasteiger partial charge in [0.2, 0.25) is 0 Å². The Kier molecular flexibility index (Phi) is 4.50. The van der Waals surface area contributed by atoms with E-state index in [0.29, 0.717) is 11.7 Å². The van der Waals surface area contributed by atoms with Crippen LogP contribution in [0.5, 0.6) is 0 Å². The zero-order valence-electron chi connectivity index (χ0n) is 14.5. The lowest BCUT2D eigenvalue weighted by molar-refractivity contribution is -0.0578.